The minimum Gasteiger partial charge on any atom is -0.368 e. The minimum absolute atomic E-state index is 0.00481. The predicted octanol–water partition coefficient (Wildman–Crippen LogP) is 1.88. The van der Waals surface area contributed by atoms with E-state index in [4.69, 9.17) is 28.7 Å². The van der Waals surface area contributed by atoms with Crippen LogP contribution in [0.1, 0.15) is 140 Å². The Balaban J connectivity index is 1.31. The van der Waals surface area contributed by atoms with Gasteiger partial charge in [-0.2, -0.15) is 11.8 Å². The highest BCUT2D eigenvalue weighted by Crippen LogP contribution is 2.33. The maximum absolute atomic E-state index is 14.7. The first-order chi connectivity index (χ1) is 43.5. The van der Waals surface area contributed by atoms with Gasteiger partial charge in [-0.05, 0) is 127 Å². The van der Waals surface area contributed by atoms with Crippen LogP contribution in [-0.2, 0) is 56.2 Å². The van der Waals surface area contributed by atoms with Crippen molar-refractivity contribution < 1.29 is 47.9 Å². The van der Waals surface area contributed by atoms with Crippen LogP contribution < -0.4 is 49.9 Å². The van der Waals surface area contributed by atoms with Crippen molar-refractivity contribution in [1.82, 2.24) is 50.7 Å². The van der Waals surface area contributed by atoms with Crippen molar-refractivity contribution in [1.29, 1.82) is 0 Å². The topological polar surface area (TPSA) is 368 Å². The molecule has 2 aliphatic heterocycles. The van der Waals surface area contributed by atoms with Gasteiger partial charge in [-0.1, -0.05) is 79.9 Å². The summed E-state index contributed by atoms with van der Waals surface area (Å²) in [6, 6.07) is 18.4. The molecule has 0 aliphatic carbocycles. The Kier molecular flexibility index (Phi) is 37.4. The van der Waals surface area contributed by atoms with Crippen LogP contribution in [0, 0.1) is 0 Å². The van der Waals surface area contributed by atoms with Crippen LogP contribution >= 0.6 is 11.8 Å². The maximum atomic E-state index is 14.7. The van der Waals surface area contributed by atoms with E-state index in [1.807, 2.05) is 60.3 Å². The molecule has 502 valence electrons. The zero-order chi connectivity index (χ0) is 65.3. The van der Waals surface area contributed by atoms with E-state index in [1.165, 1.54) is 29.4 Å². The molecule has 2 aliphatic rings. The van der Waals surface area contributed by atoms with Crippen LogP contribution in [0.25, 0.3) is 0 Å². The summed E-state index contributed by atoms with van der Waals surface area (Å²) in [7, 11) is 0. The van der Waals surface area contributed by atoms with Crippen LogP contribution in [0.4, 0.5) is 4.79 Å². The molecule has 90 heavy (non-hydrogen) atoms. The fourth-order valence-electron chi connectivity index (χ4n) is 10.8. The lowest BCUT2D eigenvalue weighted by Crippen LogP contribution is -2.52. The molecular formula is C64H105N15O10S. The van der Waals surface area contributed by atoms with Gasteiger partial charge < -0.3 is 79.3 Å². The number of nitrogens with one attached hydrogen (secondary N) is 4. The number of unbranched alkanes of at least 4 members (excludes halogenated alkanes) is 9. The summed E-state index contributed by atoms with van der Waals surface area (Å²) in [5, 5.41) is 12.3. The second-order valence-corrected chi connectivity index (χ2v) is 24.6. The molecule has 0 bridgehead atoms. The largest absolute Gasteiger partial charge is 0.368 e. The number of nitrogens with two attached hydrogens (primary N) is 5. The molecule has 0 aromatic heterocycles. The number of hydrogen-bond donors (Lipinski definition) is 9. The molecule has 2 aromatic carbocycles. The molecule has 14 N–H and O–H groups in total. The summed E-state index contributed by atoms with van der Waals surface area (Å²) >= 11 is 1.88. The third kappa shape index (κ3) is 30.3. The molecule has 4 rings (SSSR count). The molecule has 2 heterocycles. The molecule has 25 nitrogen and oxygen atoms in total. The van der Waals surface area contributed by atoms with E-state index < -0.39 is 61.6 Å². The van der Waals surface area contributed by atoms with Crippen molar-refractivity contribution in [3.05, 3.63) is 71.8 Å². The monoisotopic (exact) mass is 1280 g/mol. The fourth-order valence-corrected chi connectivity index (χ4v) is 12.3. The first kappa shape index (κ1) is 75.6. The molecule has 2 fully saturated rings. The number of nitrogens with zero attached hydrogens (tertiary/aromatic N) is 6. The SMILES string of the molecule is NCCCCN(CC(=O)N(CCCCN)CC(=O)N(CCCCN)CC(=O)N(CC(=O)N(CCCCN)CC(=O)N(CC(N)=O)Cc1ccccc1)Cc1ccccc1)C(=O)CCCCCNC(=O)CCCCCNC(=O)CCCCC1SC[C@@H]2NC(=O)N[C@H]12. The lowest BCUT2D eigenvalue weighted by molar-refractivity contribution is -0.148. The zero-order valence-electron chi connectivity index (χ0n) is 53.1. The standard InChI is InChI=1S/C64H105N15O10S/c65-31-13-19-37-74(57(83)30-10-4-18-36-70-55(81)28-9-3-17-35-71-56(82)29-12-11-27-53-63-52(49-90-53)72-64(89)73-63)44-58(84)75(38-20-14-32-66)45-59(85)76(39-21-15-33-67)47-62(88)79(42-51-25-7-2-8-26-51)48-60(86)77(40-22-16-34-68)46-61(87)78(43-54(69)80)41-50-23-5-1-6-24-50/h1-2,5-8,23-26,52-53,63H,3-4,9-22,27-49,65-68H2,(H2,69,80)(H,70,81)(H,71,82)(H2,72,73,89)/t52-,53?,63-/m0/s1. The Morgan fingerprint density at radius 3 is 1.23 bits per heavy atom. The molecular weight excluding hydrogens is 1170 g/mol. The second-order valence-electron chi connectivity index (χ2n) is 23.4. The predicted molar refractivity (Wildman–Crippen MR) is 349 cm³/mol. The van der Waals surface area contributed by atoms with Crippen LogP contribution in [0.5, 0.6) is 0 Å². The summed E-state index contributed by atoms with van der Waals surface area (Å²) in [5.41, 5.74) is 30.4. The Hall–Kier alpha value is -6.87. The number of amides is 11. The van der Waals surface area contributed by atoms with Gasteiger partial charge in [0.15, 0.2) is 0 Å². The van der Waals surface area contributed by atoms with E-state index in [2.05, 4.69) is 21.3 Å². The van der Waals surface area contributed by atoms with Crippen LogP contribution in [-0.4, -0.2) is 216 Å². The Labute approximate surface area is 537 Å². The highest BCUT2D eigenvalue weighted by molar-refractivity contribution is 8.00. The van der Waals surface area contributed by atoms with Crippen molar-refractivity contribution in [2.45, 2.75) is 159 Å². The average molecular weight is 1280 g/mol. The molecule has 26 heteroatoms. The molecule has 1 unspecified atom stereocenters. The van der Waals surface area contributed by atoms with E-state index in [0.717, 1.165) is 43.4 Å². The van der Waals surface area contributed by atoms with Crippen LogP contribution in [0.3, 0.4) is 0 Å². The number of rotatable bonds is 49. The van der Waals surface area contributed by atoms with Crippen molar-refractivity contribution in [2.75, 3.05) is 110 Å². The van der Waals surface area contributed by atoms with Gasteiger partial charge in [-0.15, -0.1) is 0 Å². The number of primary amides is 1. The highest BCUT2D eigenvalue weighted by atomic mass is 32.2. The Bertz CT molecular complexity index is 2500. The molecule has 2 aromatic rings. The summed E-state index contributed by atoms with van der Waals surface area (Å²) in [6.07, 6.45) is 12.1. The maximum Gasteiger partial charge on any atom is 0.315 e. The number of hydrogen-bond acceptors (Lipinski definition) is 15. The van der Waals surface area contributed by atoms with Gasteiger partial charge in [-0.25, -0.2) is 4.79 Å². The van der Waals surface area contributed by atoms with Crippen molar-refractivity contribution >= 4 is 71.0 Å². The lowest BCUT2D eigenvalue weighted by atomic mass is 10.0. The molecule has 2 saturated heterocycles. The Morgan fingerprint density at radius 1 is 0.433 bits per heavy atom. The first-order valence-corrected chi connectivity index (χ1v) is 33.7. The Morgan fingerprint density at radius 2 is 0.811 bits per heavy atom. The van der Waals surface area contributed by atoms with Crippen molar-refractivity contribution in [2.24, 2.45) is 28.7 Å². The van der Waals surface area contributed by atoms with Gasteiger partial charge in [0.1, 0.15) is 6.54 Å². The molecule has 3 atom stereocenters. The fraction of sp³-hybridized carbons (Fsp3) is 0.656. The van der Waals surface area contributed by atoms with E-state index in [1.54, 1.807) is 12.1 Å². The second kappa shape index (κ2) is 44.6. The van der Waals surface area contributed by atoms with Gasteiger partial charge >= 0.3 is 6.03 Å². The number of fused-ring (bicyclic) bond motifs is 1. The van der Waals surface area contributed by atoms with Gasteiger partial charge in [0.25, 0.3) is 0 Å². The quantitative estimate of drug-likeness (QED) is 0.0337. The number of benzene rings is 2. The lowest BCUT2D eigenvalue weighted by Gasteiger charge is -2.32. The summed E-state index contributed by atoms with van der Waals surface area (Å²) in [5.74, 6) is -2.60. The van der Waals surface area contributed by atoms with E-state index in [-0.39, 0.29) is 94.6 Å². The summed E-state index contributed by atoms with van der Waals surface area (Å²) in [4.78, 5) is 143. The molecule has 0 radical (unpaired) electrons. The number of carbonyl (C=O) groups excluding carboxylic acids is 10. The van der Waals surface area contributed by atoms with Crippen molar-refractivity contribution in [3.63, 3.8) is 0 Å². The van der Waals surface area contributed by atoms with Gasteiger partial charge in [-0.3, -0.25) is 43.2 Å². The van der Waals surface area contributed by atoms with Crippen LogP contribution in [0.2, 0.25) is 0 Å². The number of carbonyl (C=O) groups is 10. The minimum atomic E-state index is -0.722. The molecule has 0 saturated carbocycles. The van der Waals surface area contributed by atoms with E-state index >= 15 is 0 Å². The number of thioether (sulfide) groups is 1. The number of urea groups is 1. The summed E-state index contributed by atoms with van der Waals surface area (Å²) < 4.78 is 0. The molecule has 0 spiro atoms. The van der Waals surface area contributed by atoms with Gasteiger partial charge in [0, 0.05) is 82.6 Å². The highest BCUT2D eigenvalue weighted by Gasteiger charge is 2.42. The average Bonchev–Trinajstić information content (AvgIpc) is 1.82. The third-order valence-corrected chi connectivity index (χ3v) is 17.4. The summed E-state index contributed by atoms with van der Waals surface area (Å²) in [6.45, 7) is 0.917. The first-order valence-electron chi connectivity index (χ1n) is 32.6. The normalized spacial score (nSPS) is 14.8. The van der Waals surface area contributed by atoms with Crippen molar-refractivity contribution in [3.8, 4) is 0 Å². The van der Waals surface area contributed by atoms with Gasteiger partial charge in [0.05, 0.1) is 44.8 Å². The third-order valence-electron chi connectivity index (χ3n) is 15.9. The zero-order valence-corrected chi connectivity index (χ0v) is 54.0. The van der Waals surface area contributed by atoms with E-state index in [9.17, 15) is 47.9 Å². The van der Waals surface area contributed by atoms with E-state index in [0.29, 0.717) is 140 Å². The van der Waals surface area contributed by atoms with Crippen LogP contribution in [0.15, 0.2) is 60.7 Å². The smallest absolute Gasteiger partial charge is 0.315 e. The van der Waals surface area contributed by atoms with Gasteiger partial charge in [0.2, 0.25) is 53.2 Å². The molecule has 11 amide bonds.